The molecule has 0 aromatic carbocycles. The topological polar surface area (TPSA) is 89.8 Å². The molecule has 1 saturated heterocycles. The van der Waals surface area contributed by atoms with Crippen molar-refractivity contribution in [1.82, 2.24) is 25.5 Å². The summed E-state index contributed by atoms with van der Waals surface area (Å²) in [5, 5.41) is 14.6. The molecule has 96 valence electrons. The first-order chi connectivity index (χ1) is 8.03. The lowest BCUT2D eigenvalue weighted by molar-refractivity contribution is 0.399. The van der Waals surface area contributed by atoms with E-state index in [2.05, 4.69) is 20.8 Å². The van der Waals surface area contributed by atoms with Gasteiger partial charge in [-0.05, 0) is 37.2 Å². The average Bonchev–Trinajstić information content (AvgIpc) is 2.75. The van der Waals surface area contributed by atoms with Crippen molar-refractivity contribution < 1.29 is 8.42 Å². The smallest absolute Gasteiger partial charge is 0.168 e. The van der Waals surface area contributed by atoms with Crippen molar-refractivity contribution >= 4 is 9.84 Å². The zero-order valence-corrected chi connectivity index (χ0v) is 10.8. The Morgan fingerprint density at radius 1 is 1.53 bits per heavy atom. The van der Waals surface area contributed by atoms with Crippen LogP contribution in [0.15, 0.2) is 0 Å². The Balaban J connectivity index is 2.25. The van der Waals surface area contributed by atoms with Gasteiger partial charge >= 0.3 is 0 Å². The fraction of sp³-hybridized carbons (Fsp3) is 0.889. The summed E-state index contributed by atoms with van der Waals surface area (Å²) in [5.41, 5.74) is 0. The normalized spacial score (nSPS) is 25.6. The Morgan fingerprint density at radius 2 is 2.29 bits per heavy atom. The molecule has 2 rings (SSSR count). The SMILES string of the molecule is CNC(C)c1nnnn1C1CCCS(=O)(=O)C1. The Bertz CT molecular complexity index is 483. The summed E-state index contributed by atoms with van der Waals surface area (Å²) in [5.74, 6) is 1.11. The summed E-state index contributed by atoms with van der Waals surface area (Å²) < 4.78 is 24.9. The first-order valence-corrected chi connectivity index (χ1v) is 7.51. The lowest BCUT2D eigenvalue weighted by atomic mass is 10.2. The van der Waals surface area contributed by atoms with Gasteiger partial charge in [0.15, 0.2) is 15.7 Å². The molecule has 1 N–H and O–H groups in total. The van der Waals surface area contributed by atoms with Gasteiger partial charge in [-0.15, -0.1) is 5.10 Å². The molecule has 2 atom stereocenters. The van der Waals surface area contributed by atoms with Crippen molar-refractivity contribution in [3.8, 4) is 0 Å². The Kier molecular flexibility index (Phi) is 3.43. The van der Waals surface area contributed by atoms with Gasteiger partial charge in [0.25, 0.3) is 0 Å². The van der Waals surface area contributed by atoms with E-state index in [-0.39, 0.29) is 23.6 Å². The first-order valence-electron chi connectivity index (χ1n) is 5.69. The Morgan fingerprint density at radius 3 is 2.94 bits per heavy atom. The highest BCUT2D eigenvalue weighted by Gasteiger charge is 2.29. The number of aromatic nitrogens is 4. The molecule has 1 fully saturated rings. The minimum absolute atomic E-state index is 0.00892. The van der Waals surface area contributed by atoms with Crippen molar-refractivity contribution in [3.05, 3.63) is 5.82 Å². The molecule has 0 spiro atoms. The Hall–Kier alpha value is -1.02. The lowest BCUT2D eigenvalue weighted by Gasteiger charge is -2.23. The second-order valence-electron chi connectivity index (χ2n) is 4.40. The minimum Gasteiger partial charge on any atom is -0.311 e. The van der Waals surface area contributed by atoms with Gasteiger partial charge in [0, 0.05) is 0 Å². The molecule has 0 radical (unpaired) electrons. The molecule has 7 nitrogen and oxygen atoms in total. The fourth-order valence-electron chi connectivity index (χ4n) is 2.07. The van der Waals surface area contributed by atoms with Crippen molar-refractivity contribution in [2.24, 2.45) is 0 Å². The summed E-state index contributed by atoms with van der Waals surface area (Å²) in [6, 6.07) is -0.121. The number of nitrogens with one attached hydrogen (secondary N) is 1. The summed E-state index contributed by atoms with van der Waals surface area (Å²) in [7, 11) is -1.12. The second kappa shape index (κ2) is 4.69. The van der Waals surface area contributed by atoms with Gasteiger partial charge in [0.05, 0.1) is 23.6 Å². The van der Waals surface area contributed by atoms with Gasteiger partial charge in [-0.2, -0.15) is 0 Å². The largest absolute Gasteiger partial charge is 0.311 e. The lowest BCUT2D eigenvalue weighted by Crippen LogP contribution is -2.30. The standard InChI is InChI=1S/C9H17N5O2S/c1-7(10-2)9-11-12-13-14(9)8-4-3-5-17(15,16)6-8/h7-8,10H,3-6H2,1-2H3. The molecule has 0 bridgehead atoms. The quantitative estimate of drug-likeness (QED) is 0.802. The van der Waals surface area contributed by atoms with Crippen molar-refractivity contribution in [3.63, 3.8) is 0 Å². The van der Waals surface area contributed by atoms with E-state index in [1.807, 2.05) is 14.0 Å². The monoisotopic (exact) mass is 259 g/mol. The van der Waals surface area contributed by atoms with Crippen LogP contribution in [0.1, 0.15) is 37.7 Å². The maximum atomic E-state index is 11.6. The van der Waals surface area contributed by atoms with E-state index in [1.54, 1.807) is 4.68 Å². The first kappa shape index (κ1) is 12.4. The van der Waals surface area contributed by atoms with Gasteiger partial charge in [-0.3, -0.25) is 0 Å². The molecule has 2 heterocycles. The van der Waals surface area contributed by atoms with E-state index in [9.17, 15) is 8.42 Å². The third-order valence-corrected chi connectivity index (χ3v) is 4.93. The highest BCUT2D eigenvalue weighted by Crippen LogP contribution is 2.24. The van der Waals surface area contributed by atoms with Gasteiger partial charge in [-0.25, -0.2) is 13.1 Å². The molecule has 1 aromatic rings. The third-order valence-electron chi connectivity index (χ3n) is 3.12. The van der Waals surface area contributed by atoms with Crippen molar-refractivity contribution in [1.29, 1.82) is 0 Å². The maximum Gasteiger partial charge on any atom is 0.168 e. The number of tetrazole rings is 1. The molecule has 0 amide bonds. The Labute approximate surface area is 101 Å². The second-order valence-corrected chi connectivity index (χ2v) is 6.63. The summed E-state index contributed by atoms with van der Waals surface area (Å²) in [6.07, 6.45) is 1.49. The summed E-state index contributed by atoms with van der Waals surface area (Å²) >= 11 is 0. The van der Waals surface area contributed by atoms with Gasteiger partial charge in [0.2, 0.25) is 0 Å². The van der Waals surface area contributed by atoms with E-state index >= 15 is 0 Å². The summed E-state index contributed by atoms with van der Waals surface area (Å²) in [4.78, 5) is 0. The highest BCUT2D eigenvalue weighted by molar-refractivity contribution is 7.91. The van der Waals surface area contributed by atoms with Crippen LogP contribution in [0.3, 0.4) is 0 Å². The van der Waals surface area contributed by atoms with E-state index < -0.39 is 9.84 Å². The van der Waals surface area contributed by atoms with Crippen LogP contribution in [0.4, 0.5) is 0 Å². The number of sulfone groups is 1. The number of nitrogens with zero attached hydrogens (tertiary/aromatic N) is 4. The molecule has 8 heteroatoms. The van der Waals surface area contributed by atoms with Crippen LogP contribution < -0.4 is 5.32 Å². The highest BCUT2D eigenvalue weighted by atomic mass is 32.2. The molecule has 2 unspecified atom stereocenters. The molecule has 17 heavy (non-hydrogen) atoms. The van der Waals surface area contributed by atoms with Gasteiger partial charge in [0.1, 0.15) is 0 Å². The molecular weight excluding hydrogens is 242 g/mol. The molecule has 0 aliphatic carbocycles. The van der Waals surface area contributed by atoms with Crippen LogP contribution in [0.2, 0.25) is 0 Å². The van der Waals surface area contributed by atoms with Crippen LogP contribution in [0, 0.1) is 0 Å². The fourth-order valence-corrected chi connectivity index (χ4v) is 3.73. The maximum absolute atomic E-state index is 11.6. The third kappa shape index (κ3) is 2.63. The average molecular weight is 259 g/mol. The van der Waals surface area contributed by atoms with E-state index in [1.165, 1.54) is 0 Å². The van der Waals surface area contributed by atoms with E-state index in [0.717, 1.165) is 6.42 Å². The molecule has 1 aromatic heterocycles. The van der Waals surface area contributed by atoms with Crippen LogP contribution >= 0.6 is 0 Å². The van der Waals surface area contributed by atoms with Crippen molar-refractivity contribution in [2.45, 2.75) is 31.8 Å². The van der Waals surface area contributed by atoms with E-state index in [4.69, 9.17) is 0 Å². The van der Waals surface area contributed by atoms with Crippen LogP contribution in [-0.2, 0) is 9.84 Å². The van der Waals surface area contributed by atoms with Crippen molar-refractivity contribution in [2.75, 3.05) is 18.6 Å². The van der Waals surface area contributed by atoms with Crippen LogP contribution in [0.25, 0.3) is 0 Å². The van der Waals surface area contributed by atoms with Crippen LogP contribution in [0.5, 0.6) is 0 Å². The van der Waals surface area contributed by atoms with Gasteiger partial charge < -0.3 is 5.32 Å². The van der Waals surface area contributed by atoms with Gasteiger partial charge in [-0.1, -0.05) is 0 Å². The minimum atomic E-state index is -2.94. The van der Waals surface area contributed by atoms with Crippen LogP contribution in [-0.4, -0.2) is 47.2 Å². The molecule has 1 aliphatic rings. The molecule has 0 saturated carbocycles. The summed E-state index contributed by atoms with van der Waals surface area (Å²) in [6.45, 7) is 1.94. The molecule has 1 aliphatic heterocycles. The number of rotatable bonds is 3. The number of hydrogen-bond donors (Lipinski definition) is 1. The predicted octanol–water partition coefficient (Wildman–Crippen LogP) is -0.297. The van der Waals surface area contributed by atoms with E-state index in [0.29, 0.717) is 12.2 Å². The zero-order valence-electron chi connectivity index (χ0n) is 10.00. The zero-order chi connectivity index (χ0) is 12.5. The predicted molar refractivity (Wildman–Crippen MR) is 62.2 cm³/mol. The molecular formula is C9H17N5O2S. The number of hydrogen-bond acceptors (Lipinski definition) is 6.